The number of urea groups is 1. The number of hydrogen-bond acceptors (Lipinski definition) is 9. The van der Waals surface area contributed by atoms with Crippen molar-refractivity contribution in [3.8, 4) is 6.07 Å². The van der Waals surface area contributed by atoms with Crippen molar-refractivity contribution in [3.63, 3.8) is 0 Å². The molecule has 0 aromatic carbocycles. The summed E-state index contributed by atoms with van der Waals surface area (Å²) in [5.41, 5.74) is 0.203. The Labute approximate surface area is 216 Å². The summed E-state index contributed by atoms with van der Waals surface area (Å²) in [6.07, 6.45) is 6.84. The first-order valence-corrected chi connectivity index (χ1v) is 14.4. The second-order valence-corrected chi connectivity index (χ2v) is 13.4. The third-order valence-electron chi connectivity index (χ3n) is 6.22. The highest BCUT2D eigenvalue weighted by atomic mass is 32.2. The van der Waals surface area contributed by atoms with Gasteiger partial charge in [-0.2, -0.15) is 24.3 Å². The molecular formula is C23H23N6O4S3+. The predicted molar refractivity (Wildman–Crippen MR) is 134 cm³/mol. The average molecular weight is 544 g/mol. The number of rotatable bonds is 7. The van der Waals surface area contributed by atoms with Crippen molar-refractivity contribution in [2.24, 2.45) is 0 Å². The van der Waals surface area contributed by atoms with Crippen LogP contribution in [0, 0.1) is 32.1 Å². The summed E-state index contributed by atoms with van der Waals surface area (Å²) < 4.78 is 30.1. The van der Waals surface area contributed by atoms with Crippen LogP contribution in [0.25, 0.3) is 0 Å². The first kappa shape index (κ1) is 24.6. The number of carbonyl (C=O) groups is 2. The Morgan fingerprint density at radius 2 is 2.00 bits per heavy atom. The van der Waals surface area contributed by atoms with Gasteiger partial charge in [0.15, 0.2) is 0 Å². The topological polar surface area (TPSA) is 136 Å². The number of imide groups is 1. The van der Waals surface area contributed by atoms with Gasteiger partial charge in [-0.3, -0.25) is 0 Å². The molecule has 0 saturated heterocycles. The van der Waals surface area contributed by atoms with Crippen LogP contribution in [0.3, 0.4) is 0 Å². The summed E-state index contributed by atoms with van der Waals surface area (Å²) >= 11 is 2.86. The maximum atomic E-state index is 13.6. The molecule has 0 radical (unpaired) electrons. The standard InChI is InChI=1S/C23H23N6O4S3/c1-13-20(35-15(3)26-13)11-28-19-5-4-17(36(32,33)27-23(12-24)6-7-23)8-18(19)21(30)29(22(28)31)10-16-9-25-14(2)34-16/h4-5,8-9,17,27H,6-7,10-11H2,1-3H3/q+1. The summed E-state index contributed by atoms with van der Waals surface area (Å²) in [7, 11) is -3.97. The van der Waals surface area contributed by atoms with E-state index in [1.54, 1.807) is 6.20 Å². The summed E-state index contributed by atoms with van der Waals surface area (Å²) in [4.78, 5) is 38.5. The van der Waals surface area contributed by atoms with Gasteiger partial charge in [-0.1, -0.05) is 6.08 Å². The maximum absolute atomic E-state index is 13.6. The van der Waals surface area contributed by atoms with Crippen molar-refractivity contribution >= 4 is 50.3 Å². The summed E-state index contributed by atoms with van der Waals surface area (Å²) in [5.74, 6) is -0.569. The molecule has 1 atom stereocenters. The molecule has 1 N–H and O–H groups in total. The fourth-order valence-electron chi connectivity index (χ4n) is 4.16. The van der Waals surface area contributed by atoms with Crippen LogP contribution >= 0.6 is 22.7 Å². The van der Waals surface area contributed by atoms with Crippen LogP contribution < -0.4 is 4.72 Å². The molecule has 1 fully saturated rings. The fourth-order valence-corrected chi connectivity index (χ4v) is 7.40. The molecule has 2 aliphatic carbocycles. The Bertz CT molecular complexity index is 1540. The molecule has 0 bridgehead atoms. The van der Waals surface area contributed by atoms with Gasteiger partial charge in [0.05, 0.1) is 31.5 Å². The molecule has 186 valence electrons. The summed E-state index contributed by atoms with van der Waals surface area (Å²) in [6, 6.07) is 1.53. The van der Waals surface area contributed by atoms with Gasteiger partial charge in [0.25, 0.3) is 0 Å². The molecule has 1 aliphatic heterocycles. The highest BCUT2D eigenvalue weighted by Gasteiger charge is 2.50. The van der Waals surface area contributed by atoms with Crippen LogP contribution in [0.1, 0.15) is 38.3 Å². The van der Waals surface area contributed by atoms with Gasteiger partial charge in [-0.15, -0.1) is 22.7 Å². The number of carbonyl (C=O) groups excluding carboxylic acids is 2. The molecule has 2 aromatic rings. The molecule has 0 spiro atoms. The van der Waals surface area contributed by atoms with E-state index >= 15 is 0 Å². The van der Waals surface area contributed by atoms with Crippen molar-refractivity contribution in [2.75, 3.05) is 0 Å². The lowest BCUT2D eigenvalue weighted by Gasteiger charge is -2.26. The van der Waals surface area contributed by atoms with Crippen LogP contribution in [0.15, 0.2) is 30.0 Å². The lowest BCUT2D eigenvalue weighted by molar-refractivity contribution is -0.452. The third kappa shape index (κ3) is 4.45. The van der Waals surface area contributed by atoms with E-state index < -0.39 is 32.8 Å². The van der Waals surface area contributed by atoms with E-state index in [0.29, 0.717) is 18.6 Å². The number of nitrogens with one attached hydrogen (secondary N) is 1. The number of sulfonamides is 1. The third-order valence-corrected chi connectivity index (χ3v) is 9.86. The monoisotopic (exact) mass is 543 g/mol. The second kappa shape index (κ2) is 8.81. The number of amides is 3. The average Bonchev–Trinajstić information content (AvgIpc) is 3.35. The van der Waals surface area contributed by atoms with E-state index in [0.717, 1.165) is 30.4 Å². The Morgan fingerprint density at radius 1 is 1.25 bits per heavy atom. The molecule has 3 aliphatic rings. The number of fused-ring (bicyclic) bond motifs is 1. The van der Waals surface area contributed by atoms with Gasteiger partial charge in [0, 0.05) is 6.20 Å². The molecule has 3 amide bonds. The highest BCUT2D eigenvalue weighted by molar-refractivity contribution is 7.90. The number of nitriles is 1. The molecule has 1 unspecified atom stereocenters. The van der Waals surface area contributed by atoms with Crippen molar-refractivity contribution < 1.29 is 22.6 Å². The van der Waals surface area contributed by atoms with Crippen LogP contribution in [0.5, 0.6) is 0 Å². The molecule has 2 aromatic heterocycles. The first-order valence-electron chi connectivity index (χ1n) is 11.2. The maximum Gasteiger partial charge on any atom is 0.502 e. The Hall–Kier alpha value is -3.05. The second-order valence-electron chi connectivity index (χ2n) is 8.98. The number of aryl methyl sites for hydroxylation is 3. The molecule has 13 heteroatoms. The SMILES string of the molecule is Cc1ncc(CN2C(=O)C3=CC(S(=O)(=O)NC4(C#N)CC4)C=CC3=[N+](Cc3sc(C)nc3C)C2=O)s1. The van der Waals surface area contributed by atoms with Crippen LogP contribution in [-0.2, 0) is 27.9 Å². The van der Waals surface area contributed by atoms with Crippen molar-refractivity contribution in [1.82, 2.24) is 19.6 Å². The molecule has 5 rings (SSSR count). The minimum Gasteiger partial charge on any atom is -0.250 e. The quantitative estimate of drug-likeness (QED) is 0.530. The smallest absolute Gasteiger partial charge is 0.250 e. The van der Waals surface area contributed by atoms with Gasteiger partial charge >= 0.3 is 11.9 Å². The van der Waals surface area contributed by atoms with E-state index in [1.165, 1.54) is 45.5 Å². The Balaban J connectivity index is 1.56. The number of thiazole rings is 2. The van der Waals surface area contributed by atoms with Gasteiger partial charge in [0.2, 0.25) is 10.0 Å². The van der Waals surface area contributed by atoms with Crippen molar-refractivity contribution in [2.45, 2.75) is 57.5 Å². The number of nitrogens with zero attached hydrogens (tertiary/aromatic N) is 5. The van der Waals surface area contributed by atoms with Crippen molar-refractivity contribution in [3.05, 3.63) is 55.5 Å². The molecule has 36 heavy (non-hydrogen) atoms. The zero-order valence-electron chi connectivity index (χ0n) is 19.8. The summed E-state index contributed by atoms with van der Waals surface area (Å²) in [5, 5.41) is 9.85. The van der Waals surface area contributed by atoms with Crippen LogP contribution in [0.2, 0.25) is 0 Å². The minimum absolute atomic E-state index is 0.0297. The highest BCUT2D eigenvalue weighted by Crippen LogP contribution is 2.36. The molecule has 1 saturated carbocycles. The number of hydrogen-bond donors (Lipinski definition) is 1. The van der Waals surface area contributed by atoms with Gasteiger partial charge < -0.3 is 0 Å². The zero-order chi connectivity index (χ0) is 25.8. The van der Waals surface area contributed by atoms with Crippen LogP contribution in [0.4, 0.5) is 4.79 Å². The lowest BCUT2D eigenvalue weighted by Crippen LogP contribution is -2.51. The van der Waals surface area contributed by atoms with Crippen molar-refractivity contribution in [1.29, 1.82) is 5.26 Å². The molecule has 3 heterocycles. The van der Waals surface area contributed by atoms with Gasteiger partial charge in [-0.05, 0) is 45.8 Å². The summed E-state index contributed by atoms with van der Waals surface area (Å²) in [6.45, 7) is 5.82. The van der Waals surface area contributed by atoms with E-state index in [9.17, 15) is 23.3 Å². The fraction of sp³-hybridized carbons (Fsp3) is 0.391. The number of aromatic nitrogens is 2. The van der Waals surface area contributed by atoms with E-state index in [4.69, 9.17) is 0 Å². The lowest BCUT2D eigenvalue weighted by atomic mass is 9.99. The molecular weight excluding hydrogens is 520 g/mol. The van der Waals surface area contributed by atoms with Gasteiger partial charge in [0.1, 0.15) is 35.2 Å². The Morgan fingerprint density at radius 3 is 2.58 bits per heavy atom. The van der Waals surface area contributed by atoms with Crippen LogP contribution in [-0.4, -0.2) is 56.3 Å². The Kier molecular flexibility index (Phi) is 6.03. The molecule has 10 nitrogen and oxygen atoms in total. The zero-order valence-corrected chi connectivity index (χ0v) is 22.3. The minimum atomic E-state index is -3.97. The van der Waals surface area contributed by atoms with E-state index in [-0.39, 0.29) is 18.7 Å². The predicted octanol–water partition coefficient (Wildman–Crippen LogP) is 2.48. The van der Waals surface area contributed by atoms with E-state index in [1.807, 2.05) is 26.8 Å². The van der Waals surface area contributed by atoms with E-state index in [2.05, 4.69) is 14.7 Å². The largest absolute Gasteiger partial charge is 0.502 e. The number of allylic oxidation sites excluding steroid dienone is 1. The first-order chi connectivity index (χ1) is 17.0. The van der Waals surface area contributed by atoms with Gasteiger partial charge in [-0.25, -0.2) is 23.2 Å². The normalized spacial score (nSPS) is 20.9.